The largest absolute Gasteiger partial charge is 0.508 e. The van der Waals surface area contributed by atoms with E-state index in [2.05, 4.69) is 47.9 Å². The number of phenols is 2. The SMILES string of the molecule is CCCC[C@H]1C(=O)N(C)CC(=O)N[C@@H](CC(=O)O)C(=O)N[C@@H](C(C)C)C(=O)N(C)C(Cc2ccccc2)C(=O)N[C@@H](Cc2ccc(O)cc2)C(=O)N(C)CC(=O)N[C@@H](Cc2ccc(Cl)cc2)C(=O)N[C@@H](Cc2ccc(O)cc2)C(=O)N[C@@H](CC(C)C)C(=O)N[C@H](C(=O)NCC(N)=O)CSCC(=O)N[C@@H](Cc2ccccc2)C(=O)N(C)C(Cc2ccccc2)C(=O)N1C. The second kappa shape index (κ2) is 49.7. The van der Waals surface area contributed by atoms with Crippen LogP contribution >= 0.6 is 23.4 Å². The van der Waals surface area contributed by atoms with Crippen molar-refractivity contribution < 1.29 is 92.0 Å². The van der Waals surface area contributed by atoms with Crippen molar-refractivity contribution >= 4 is 118 Å². The molecule has 1 heterocycles. The van der Waals surface area contributed by atoms with Crippen molar-refractivity contribution in [2.24, 2.45) is 17.6 Å². The predicted molar refractivity (Wildman–Crippen MR) is 475 cm³/mol. The molecule has 6 aromatic rings. The van der Waals surface area contributed by atoms with E-state index in [0.29, 0.717) is 51.2 Å². The highest BCUT2D eigenvalue weighted by Crippen LogP contribution is 2.23. The number of nitrogens with two attached hydrogens (primary N) is 1. The number of thioether (sulfide) groups is 1. The van der Waals surface area contributed by atoms with Crippen LogP contribution in [0.4, 0.5) is 0 Å². The first-order valence-corrected chi connectivity index (χ1v) is 43.3. The minimum Gasteiger partial charge on any atom is -0.508 e. The highest BCUT2D eigenvalue weighted by atomic mass is 35.5. The van der Waals surface area contributed by atoms with Gasteiger partial charge in [0.15, 0.2) is 0 Å². The quantitative estimate of drug-likeness (QED) is 0.0438. The Balaban J connectivity index is 1.33. The Kier molecular flexibility index (Phi) is 39.6. The van der Waals surface area contributed by atoms with E-state index in [1.165, 1.54) is 106 Å². The van der Waals surface area contributed by atoms with Gasteiger partial charge in [-0.2, -0.15) is 0 Å². The molecule has 15 amide bonds. The maximum Gasteiger partial charge on any atom is 0.305 e. The van der Waals surface area contributed by atoms with Crippen molar-refractivity contribution in [3.63, 3.8) is 0 Å². The molecule has 1 fully saturated rings. The third-order valence-electron chi connectivity index (χ3n) is 21.3. The zero-order valence-electron chi connectivity index (χ0n) is 72.9. The molecular weight excluding hydrogens is 1670 g/mol. The molecule has 34 nitrogen and oxygen atoms in total. The van der Waals surface area contributed by atoms with Crippen molar-refractivity contribution in [1.82, 2.24) is 72.4 Å². The second-order valence-corrected chi connectivity index (χ2v) is 33.8. The topological polar surface area (TPSA) is 484 Å². The third-order valence-corrected chi connectivity index (χ3v) is 22.6. The molecule has 682 valence electrons. The van der Waals surface area contributed by atoms with Crippen LogP contribution in [-0.4, -0.2) is 267 Å². The van der Waals surface area contributed by atoms with Crippen LogP contribution in [0.3, 0.4) is 0 Å². The van der Waals surface area contributed by atoms with Crippen LogP contribution in [-0.2, 0) is 115 Å². The number of nitrogens with zero attached hydrogens (tertiary/aromatic N) is 5. The van der Waals surface area contributed by atoms with Crippen LogP contribution in [0.15, 0.2) is 164 Å². The molecule has 11 atom stereocenters. The van der Waals surface area contributed by atoms with Gasteiger partial charge >= 0.3 is 5.97 Å². The third kappa shape index (κ3) is 32.2. The minimum atomic E-state index is -1.91. The Bertz CT molecular complexity index is 4790. The molecule has 0 radical (unpaired) electrons. The number of phenolic OH excluding ortho intramolecular Hbond substituents is 2. The first kappa shape index (κ1) is 101. The smallest absolute Gasteiger partial charge is 0.305 e. The molecule has 0 spiro atoms. The molecule has 14 N–H and O–H groups in total. The number of halogens is 1. The van der Waals surface area contributed by atoms with Crippen LogP contribution in [0.1, 0.15) is 100 Å². The average molecular weight is 1790 g/mol. The zero-order chi connectivity index (χ0) is 93.3. The minimum absolute atomic E-state index is 0.0289. The van der Waals surface area contributed by atoms with Crippen molar-refractivity contribution in [2.75, 3.05) is 66.4 Å². The van der Waals surface area contributed by atoms with Crippen LogP contribution < -0.4 is 53.6 Å². The number of amides is 15. The average Bonchev–Trinajstić information content (AvgIpc) is 0.849. The number of likely N-dealkylation sites (N-methyl/N-ethyl adjacent to an activating group) is 5. The van der Waals surface area contributed by atoms with Gasteiger partial charge in [0.1, 0.15) is 78.0 Å². The maximum absolute atomic E-state index is 15.5. The van der Waals surface area contributed by atoms with Gasteiger partial charge in [-0.05, 0) is 94.5 Å². The molecule has 1 aliphatic heterocycles. The van der Waals surface area contributed by atoms with E-state index in [1.54, 1.807) is 131 Å². The summed E-state index contributed by atoms with van der Waals surface area (Å²) in [7, 11) is 6.51. The fourth-order valence-electron chi connectivity index (χ4n) is 14.3. The predicted octanol–water partition coefficient (Wildman–Crippen LogP) is 2.50. The fraction of sp³-hybridized carbons (Fsp3) is 0.429. The molecule has 1 saturated heterocycles. The van der Waals surface area contributed by atoms with Crippen LogP contribution in [0, 0.1) is 11.8 Å². The Morgan fingerprint density at radius 1 is 0.449 bits per heavy atom. The van der Waals surface area contributed by atoms with Gasteiger partial charge in [-0.15, -0.1) is 11.8 Å². The summed E-state index contributed by atoms with van der Waals surface area (Å²) in [5.41, 5.74) is 8.35. The molecule has 0 aromatic heterocycles. The molecule has 7 rings (SSSR count). The van der Waals surface area contributed by atoms with Crippen LogP contribution in [0.5, 0.6) is 11.5 Å². The molecule has 1 aliphatic rings. The molecule has 0 aliphatic carbocycles. The van der Waals surface area contributed by atoms with Gasteiger partial charge in [0.2, 0.25) is 88.6 Å². The Hall–Kier alpha value is -12.9. The van der Waals surface area contributed by atoms with Gasteiger partial charge < -0.3 is 93.4 Å². The summed E-state index contributed by atoms with van der Waals surface area (Å²) in [6.45, 7) is 6.14. The summed E-state index contributed by atoms with van der Waals surface area (Å²) in [6.07, 6.45) is -1.57. The first-order chi connectivity index (χ1) is 60.3. The monoisotopic (exact) mass is 1790 g/mol. The van der Waals surface area contributed by atoms with Gasteiger partial charge in [0.25, 0.3) is 0 Å². The van der Waals surface area contributed by atoms with E-state index < -0.39 is 199 Å². The number of carbonyl (C=O) groups excluding carboxylic acids is 15. The number of unbranched alkanes of at least 4 members (excludes halogenated alkanes) is 1. The van der Waals surface area contributed by atoms with Crippen LogP contribution in [0.25, 0.3) is 0 Å². The van der Waals surface area contributed by atoms with Gasteiger partial charge in [-0.1, -0.05) is 186 Å². The Morgan fingerprint density at radius 2 is 0.850 bits per heavy atom. The summed E-state index contributed by atoms with van der Waals surface area (Å²) >= 11 is 7.13. The van der Waals surface area contributed by atoms with Gasteiger partial charge in [0.05, 0.1) is 31.8 Å². The number of benzene rings is 6. The number of aliphatic carboxylic acids is 1. The van der Waals surface area contributed by atoms with E-state index in [4.69, 9.17) is 17.3 Å². The molecule has 127 heavy (non-hydrogen) atoms. The molecule has 36 heteroatoms. The van der Waals surface area contributed by atoms with E-state index >= 15 is 33.6 Å². The van der Waals surface area contributed by atoms with Crippen molar-refractivity contribution in [1.29, 1.82) is 0 Å². The number of aromatic hydroxyl groups is 2. The van der Waals surface area contributed by atoms with Crippen molar-refractivity contribution in [3.8, 4) is 11.5 Å². The lowest BCUT2D eigenvalue weighted by Gasteiger charge is -2.37. The molecular formula is C91H116ClN15O19S. The molecule has 0 saturated carbocycles. The number of hydrogen-bond donors (Lipinski definition) is 13. The second-order valence-electron chi connectivity index (χ2n) is 32.3. The van der Waals surface area contributed by atoms with Gasteiger partial charge in [-0.25, -0.2) is 0 Å². The van der Waals surface area contributed by atoms with Crippen molar-refractivity contribution in [2.45, 2.75) is 172 Å². The summed E-state index contributed by atoms with van der Waals surface area (Å²) in [4.78, 5) is 239. The number of nitrogens with one attached hydrogen (secondary N) is 9. The lowest BCUT2D eigenvalue weighted by atomic mass is 9.98. The summed E-state index contributed by atoms with van der Waals surface area (Å²) in [5, 5.41) is 55.0. The van der Waals surface area contributed by atoms with E-state index in [1.807, 2.05) is 6.92 Å². The van der Waals surface area contributed by atoms with E-state index in [-0.39, 0.29) is 74.5 Å². The lowest BCUT2D eigenvalue weighted by molar-refractivity contribution is -0.151. The van der Waals surface area contributed by atoms with Crippen molar-refractivity contribution in [3.05, 3.63) is 202 Å². The molecule has 2 unspecified atom stereocenters. The number of carboxylic acids is 1. The Morgan fingerprint density at radius 3 is 1.34 bits per heavy atom. The lowest BCUT2D eigenvalue weighted by Crippen LogP contribution is -2.61. The highest BCUT2D eigenvalue weighted by molar-refractivity contribution is 8.00. The fourth-order valence-corrected chi connectivity index (χ4v) is 15.3. The summed E-state index contributed by atoms with van der Waals surface area (Å²) in [6, 6.07) is 26.2. The molecule has 0 bridgehead atoms. The molecule has 6 aromatic carbocycles. The Labute approximate surface area is 747 Å². The highest BCUT2D eigenvalue weighted by Gasteiger charge is 2.42. The zero-order valence-corrected chi connectivity index (χ0v) is 74.5. The number of primary amides is 1. The summed E-state index contributed by atoms with van der Waals surface area (Å²) < 4.78 is 0. The standard InChI is InChI=1S/C91H116ClN15O19S/c1-11-12-28-72-89(124)104(7)51-77(112)96-68(48-79(114)115)85(120)102-80(55(4)5)91(126)106(9)73(46-57-24-18-14-19-25-57)86(121)100-69(45-61-33-39-64(109)40-34-61)87(122)103(6)50-76(111)95-66(42-59-29-35-62(92)36-30-59)83(118)99-67(43-60-31-37-63(108)38-32-60)84(119)98-65(41-54(2)3)82(117)101-71(81(116)94-49-75(93)110)52-127-53-78(113)97-70(44-56-22-16-13-17-23-56)88(123)107(10)74(90(125)105(72)8)47-58-26-20-15-21-27-58/h13-27,29-40,54-55,65-74,80,108-109H,11-12,28,41-53H2,1-10H3,(H2,93,110)(H,94,116)(H,95,111)(H,96,112)(H,97,113)(H,98,119)(H,99,118)(H,100,121)(H,101,117)(H,102,120)(H,114,115)/t65-,66-,67-,68-,69-,70-,71-,72-,73?,74?,80-/m0/s1. The number of carbonyl (C=O) groups is 16. The van der Waals surface area contributed by atoms with Gasteiger partial charge in [0, 0.05) is 84.5 Å². The maximum atomic E-state index is 15.5. The number of rotatable bonds is 23. The number of carboxylic acid groups (broad SMARTS) is 1. The van der Waals surface area contributed by atoms with Gasteiger partial charge in [-0.3, -0.25) is 76.7 Å². The van der Waals surface area contributed by atoms with E-state index in [0.717, 1.165) is 26.5 Å². The number of hydrogen-bond acceptors (Lipinski definition) is 19. The first-order valence-electron chi connectivity index (χ1n) is 41.8. The normalized spacial score (nSPS) is 22.0. The van der Waals surface area contributed by atoms with E-state index in [9.17, 15) is 58.5 Å². The summed E-state index contributed by atoms with van der Waals surface area (Å²) in [5.74, 6) is -17.5. The van der Waals surface area contributed by atoms with Crippen LogP contribution in [0.2, 0.25) is 5.02 Å².